The average molecular weight is 155 g/mol. The van der Waals surface area contributed by atoms with Crippen LogP contribution < -0.4 is 5.73 Å². The molecule has 2 bridgehead atoms. The van der Waals surface area contributed by atoms with Crippen LogP contribution in [0.5, 0.6) is 0 Å². The van der Waals surface area contributed by atoms with Crippen LogP contribution in [-0.4, -0.2) is 16.5 Å². The number of hydrogen-bond donors (Lipinski definition) is 1. The van der Waals surface area contributed by atoms with Gasteiger partial charge >= 0.3 is 0 Å². The molecule has 0 spiro atoms. The Kier molecular flexibility index (Phi) is 1.75. The molecule has 0 amide bonds. The third-order valence-electron chi connectivity index (χ3n) is 2.33. The molecule has 2 heterocycles. The van der Waals surface area contributed by atoms with E-state index in [-0.39, 0.29) is 0 Å². The minimum Gasteiger partial charge on any atom is -0.327 e. The van der Waals surface area contributed by atoms with Crippen LogP contribution >= 0.6 is 11.8 Å². The minimum absolute atomic E-state index is 0.464. The molecule has 1 nitrogen and oxygen atoms in total. The highest BCUT2D eigenvalue weighted by Crippen LogP contribution is 2.36. The number of fused-ring (bicyclic) bond motifs is 2. The molecule has 0 aromatic carbocycles. The molecule has 2 N–H and O–H groups in total. The fourth-order valence-corrected chi connectivity index (χ4v) is 3.16. The summed E-state index contributed by atoms with van der Waals surface area (Å²) in [5, 5.41) is 1.52. The molecule has 2 heteroatoms. The number of allylic oxidation sites excluding steroid dienone is 1. The molecule has 0 aromatic rings. The van der Waals surface area contributed by atoms with Crippen LogP contribution in [0.3, 0.4) is 0 Å². The van der Waals surface area contributed by atoms with E-state index in [1.54, 1.807) is 0 Å². The Morgan fingerprint density at radius 2 is 2.30 bits per heavy atom. The van der Waals surface area contributed by atoms with Crippen molar-refractivity contribution in [1.82, 2.24) is 0 Å². The first kappa shape index (κ1) is 6.74. The Balaban J connectivity index is 2.11. The van der Waals surface area contributed by atoms with Crippen molar-refractivity contribution in [2.45, 2.75) is 35.8 Å². The Hall–Kier alpha value is 0.0500. The standard InChI is InChI=1S/C8H13NS/c9-7-5-4-6-2-1-3-8(7)10-6/h1-2,6-8H,3-5,9H2. The fourth-order valence-electron chi connectivity index (χ4n) is 1.67. The molecule has 3 atom stereocenters. The molecular formula is C8H13NS. The minimum atomic E-state index is 0.464. The Bertz CT molecular complexity index is 155. The summed E-state index contributed by atoms with van der Waals surface area (Å²) in [6.45, 7) is 0. The van der Waals surface area contributed by atoms with Crippen molar-refractivity contribution in [2.24, 2.45) is 5.73 Å². The van der Waals surface area contributed by atoms with Gasteiger partial charge in [-0.15, -0.1) is 11.8 Å². The zero-order valence-corrected chi connectivity index (χ0v) is 6.81. The number of thioether (sulfide) groups is 1. The van der Waals surface area contributed by atoms with Crippen molar-refractivity contribution in [2.75, 3.05) is 0 Å². The van der Waals surface area contributed by atoms with E-state index in [2.05, 4.69) is 23.9 Å². The lowest BCUT2D eigenvalue weighted by molar-refractivity contribution is 0.535. The maximum atomic E-state index is 5.93. The number of rotatable bonds is 0. The SMILES string of the molecule is NC1CCC2C=CCC1S2. The van der Waals surface area contributed by atoms with E-state index in [1.165, 1.54) is 19.3 Å². The van der Waals surface area contributed by atoms with Gasteiger partial charge in [-0.05, 0) is 19.3 Å². The molecule has 2 aliphatic heterocycles. The highest BCUT2D eigenvalue weighted by atomic mass is 32.2. The molecule has 0 radical (unpaired) electrons. The summed E-state index contributed by atoms with van der Waals surface area (Å²) in [4.78, 5) is 0. The van der Waals surface area contributed by atoms with Crippen LogP contribution in [0.25, 0.3) is 0 Å². The lowest BCUT2D eigenvalue weighted by atomic mass is 10.00. The van der Waals surface area contributed by atoms with Crippen LogP contribution in [-0.2, 0) is 0 Å². The first-order chi connectivity index (χ1) is 4.86. The van der Waals surface area contributed by atoms with Crippen LogP contribution in [0, 0.1) is 0 Å². The highest BCUT2D eigenvalue weighted by molar-refractivity contribution is 8.00. The van der Waals surface area contributed by atoms with E-state index in [4.69, 9.17) is 5.73 Å². The average Bonchev–Trinajstić information content (AvgIpc) is 1.99. The van der Waals surface area contributed by atoms with Gasteiger partial charge in [-0.2, -0.15) is 0 Å². The predicted octanol–water partition coefficient (Wildman–Crippen LogP) is 1.54. The van der Waals surface area contributed by atoms with Crippen LogP contribution in [0.4, 0.5) is 0 Å². The molecule has 56 valence electrons. The molecule has 3 unspecified atom stereocenters. The summed E-state index contributed by atoms with van der Waals surface area (Å²) in [5.74, 6) is 0. The third kappa shape index (κ3) is 1.10. The van der Waals surface area contributed by atoms with Crippen molar-refractivity contribution in [3.8, 4) is 0 Å². The molecule has 2 aliphatic rings. The Labute approximate surface area is 66.1 Å². The molecule has 0 aromatic heterocycles. The van der Waals surface area contributed by atoms with Gasteiger partial charge in [-0.3, -0.25) is 0 Å². The van der Waals surface area contributed by atoms with Gasteiger partial charge in [-0.25, -0.2) is 0 Å². The maximum absolute atomic E-state index is 5.93. The Morgan fingerprint density at radius 3 is 3.10 bits per heavy atom. The summed E-state index contributed by atoms with van der Waals surface area (Å²) < 4.78 is 0. The van der Waals surface area contributed by atoms with E-state index >= 15 is 0 Å². The van der Waals surface area contributed by atoms with Crippen molar-refractivity contribution >= 4 is 11.8 Å². The van der Waals surface area contributed by atoms with Crippen LogP contribution in [0.2, 0.25) is 0 Å². The van der Waals surface area contributed by atoms with Gasteiger partial charge in [0, 0.05) is 16.5 Å². The summed E-state index contributed by atoms with van der Waals surface area (Å²) in [5.41, 5.74) is 5.93. The zero-order chi connectivity index (χ0) is 6.97. The highest BCUT2D eigenvalue weighted by Gasteiger charge is 2.28. The van der Waals surface area contributed by atoms with Gasteiger partial charge in [0.1, 0.15) is 0 Å². The van der Waals surface area contributed by atoms with Gasteiger partial charge in [0.2, 0.25) is 0 Å². The smallest absolute Gasteiger partial charge is 0.0239 e. The van der Waals surface area contributed by atoms with E-state index in [0.29, 0.717) is 6.04 Å². The molecule has 10 heavy (non-hydrogen) atoms. The second kappa shape index (κ2) is 2.59. The van der Waals surface area contributed by atoms with Crippen molar-refractivity contribution in [3.63, 3.8) is 0 Å². The first-order valence-electron chi connectivity index (χ1n) is 3.94. The largest absolute Gasteiger partial charge is 0.327 e. The van der Waals surface area contributed by atoms with Gasteiger partial charge in [0.05, 0.1) is 0 Å². The summed E-state index contributed by atoms with van der Waals surface area (Å²) in [6.07, 6.45) is 8.35. The summed E-state index contributed by atoms with van der Waals surface area (Å²) in [6, 6.07) is 0.464. The van der Waals surface area contributed by atoms with Gasteiger partial charge in [0.15, 0.2) is 0 Å². The van der Waals surface area contributed by atoms with Gasteiger partial charge in [0.25, 0.3) is 0 Å². The monoisotopic (exact) mass is 155 g/mol. The third-order valence-corrected chi connectivity index (χ3v) is 3.96. The molecule has 0 aliphatic carbocycles. The summed E-state index contributed by atoms with van der Waals surface area (Å²) >= 11 is 2.07. The fraction of sp³-hybridized carbons (Fsp3) is 0.750. The second-order valence-corrected chi connectivity index (χ2v) is 4.60. The molecule has 1 saturated heterocycles. The van der Waals surface area contributed by atoms with E-state index in [1.807, 2.05) is 0 Å². The maximum Gasteiger partial charge on any atom is 0.0239 e. The van der Waals surface area contributed by atoms with Crippen LogP contribution in [0.15, 0.2) is 12.2 Å². The van der Waals surface area contributed by atoms with E-state index in [0.717, 1.165) is 10.5 Å². The lowest BCUT2D eigenvalue weighted by Crippen LogP contribution is -2.39. The zero-order valence-electron chi connectivity index (χ0n) is 5.99. The van der Waals surface area contributed by atoms with E-state index < -0.39 is 0 Å². The van der Waals surface area contributed by atoms with Crippen molar-refractivity contribution in [1.29, 1.82) is 0 Å². The lowest BCUT2D eigenvalue weighted by Gasteiger charge is -2.34. The Morgan fingerprint density at radius 1 is 1.40 bits per heavy atom. The van der Waals surface area contributed by atoms with Crippen molar-refractivity contribution in [3.05, 3.63) is 12.2 Å². The summed E-state index contributed by atoms with van der Waals surface area (Å²) in [7, 11) is 0. The van der Waals surface area contributed by atoms with Crippen LogP contribution in [0.1, 0.15) is 19.3 Å². The normalized spacial score (nSPS) is 45.5. The van der Waals surface area contributed by atoms with Gasteiger partial charge in [-0.1, -0.05) is 12.2 Å². The number of hydrogen-bond acceptors (Lipinski definition) is 2. The van der Waals surface area contributed by atoms with Crippen molar-refractivity contribution < 1.29 is 0 Å². The second-order valence-electron chi connectivity index (χ2n) is 3.12. The number of nitrogens with two attached hydrogens (primary N) is 1. The molecule has 1 fully saturated rings. The molecular weight excluding hydrogens is 142 g/mol. The first-order valence-corrected chi connectivity index (χ1v) is 4.88. The quantitative estimate of drug-likeness (QED) is 0.537. The molecule has 0 saturated carbocycles. The topological polar surface area (TPSA) is 26.0 Å². The molecule has 2 rings (SSSR count). The van der Waals surface area contributed by atoms with E-state index in [9.17, 15) is 0 Å². The predicted molar refractivity (Wildman–Crippen MR) is 46.1 cm³/mol. The van der Waals surface area contributed by atoms with Gasteiger partial charge < -0.3 is 5.73 Å².